The monoisotopic (exact) mass is 463 g/mol. The van der Waals surface area contributed by atoms with Crippen molar-refractivity contribution in [3.63, 3.8) is 0 Å². The minimum atomic E-state index is -0.555. The average Bonchev–Trinajstić information content (AvgIpc) is 2.80. The molecule has 0 saturated carbocycles. The first-order valence-electron chi connectivity index (χ1n) is 10.1. The maximum atomic E-state index is 13.2. The number of fused-ring (bicyclic) bond motifs is 3. The van der Waals surface area contributed by atoms with Gasteiger partial charge in [-0.05, 0) is 41.4 Å². The predicted octanol–water partition coefficient (Wildman–Crippen LogP) is 4.66. The van der Waals surface area contributed by atoms with Gasteiger partial charge in [0.2, 0.25) is 5.16 Å². The van der Waals surface area contributed by atoms with Crippen molar-refractivity contribution in [2.75, 3.05) is 5.32 Å². The van der Waals surface area contributed by atoms with Gasteiger partial charge in [-0.15, -0.1) is 0 Å². The van der Waals surface area contributed by atoms with Crippen LogP contribution >= 0.6 is 23.4 Å². The van der Waals surface area contributed by atoms with Gasteiger partial charge in [0.15, 0.2) is 0 Å². The van der Waals surface area contributed by atoms with E-state index >= 15 is 0 Å². The lowest BCUT2D eigenvalue weighted by Crippen LogP contribution is -2.55. The summed E-state index contributed by atoms with van der Waals surface area (Å²) in [5.74, 6) is 0.648. The Balaban J connectivity index is 1.60. The highest BCUT2D eigenvalue weighted by atomic mass is 35.5. The number of anilines is 1. The van der Waals surface area contributed by atoms with Crippen LogP contribution in [0, 0.1) is 6.92 Å². The Kier molecular flexibility index (Phi) is 5.36. The number of halogens is 1. The fourth-order valence-electron chi connectivity index (χ4n) is 3.75. The number of benzene rings is 3. The van der Waals surface area contributed by atoms with E-state index in [0.717, 1.165) is 16.8 Å². The number of aryl methyl sites for hydroxylation is 1. The maximum Gasteiger partial charge on any atom is 0.325 e. The smallest absolute Gasteiger partial charge is 0.325 e. The molecule has 0 aliphatic carbocycles. The van der Waals surface area contributed by atoms with E-state index in [-0.39, 0.29) is 16.3 Å². The predicted molar refractivity (Wildman–Crippen MR) is 126 cm³/mol. The molecule has 6 nitrogen and oxygen atoms in total. The van der Waals surface area contributed by atoms with Crippen molar-refractivity contribution < 1.29 is 9.79 Å². The van der Waals surface area contributed by atoms with E-state index in [0.29, 0.717) is 22.2 Å². The third kappa shape index (κ3) is 3.74. The van der Waals surface area contributed by atoms with Crippen molar-refractivity contribution >= 4 is 29.1 Å². The van der Waals surface area contributed by atoms with Crippen LogP contribution in [0.25, 0.3) is 11.3 Å². The van der Waals surface area contributed by atoms with Gasteiger partial charge in [-0.1, -0.05) is 71.4 Å². The molecular weight excluding hydrogens is 444 g/mol. The number of para-hydroxylation sites is 1. The number of nitrogens with one attached hydrogen (secondary N) is 2. The summed E-state index contributed by atoms with van der Waals surface area (Å²) in [5.41, 5.74) is 4.71. The minimum absolute atomic E-state index is 0.0224. The number of hydrogen-bond donors (Lipinski definition) is 3. The van der Waals surface area contributed by atoms with Gasteiger partial charge in [-0.3, -0.25) is 9.78 Å². The zero-order chi connectivity index (χ0) is 22.2. The lowest BCUT2D eigenvalue weighted by atomic mass is 10.0. The first-order chi connectivity index (χ1) is 15.5. The molecule has 0 bridgehead atoms. The number of hydrogen-bond acceptors (Lipinski definition) is 5. The van der Waals surface area contributed by atoms with E-state index in [9.17, 15) is 9.90 Å². The molecule has 3 aromatic carbocycles. The molecule has 1 atom stereocenters. The Morgan fingerprint density at radius 1 is 1.09 bits per heavy atom. The van der Waals surface area contributed by atoms with Gasteiger partial charge in [0.1, 0.15) is 5.75 Å². The van der Waals surface area contributed by atoms with E-state index in [1.165, 1.54) is 23.4 Å². The maximum absolute atomic E-state index is 13.2. The lowest BCUT2D eigenvalue weighted by Gasteiger charge is -2.23. The first kappa shape index (κ1) is 20.6. The third-order valence-electron chi connectivity index (χ3n) is 5.38. The SMILES string of the molecule is Cc1ccc(CSc2n[n+]3c(c(=O)[nH]2)-c2ccccc2N[C@H]3c2cccc(O)c2Cl)cc1. The molecule has 32 heavy (non-hydrogen) atoms. The molecule has 0 amide bonds. The van der Waals surface area contributed by atoms with Gasteiger partial charge in [-0.25, -0.2) is 0 Å². The third-order valence-corrected chi connectivity index (χ3v) is 6.73. The Morgan fingerprint density at radius 3 is 2.69 bits per heavy atom. The van der Waals surface area contributed by atoms with Crippen LogP contribution in [0.1, 0.15) is 22.9 Å². The highest BCUT2D eigenvalue weighted by Gasteiger charge is 2.39. The van der Waals surface area contributed by atoms with Gasteiger partial charge in [-0.2, -0.15) is 0 Å². The molecule has 4 aromatic rings. The zero-order valence-corrected chi connectivity index (χ0v) is 18.7. The number of aromatic nitrogens is 3. The minimum Gasteiger partial charge on any atom is -0.506 e. The summed E-state index contributed by atoms with van der Waals surface area (Å²) in [6, 6.07) is 20.9. The molecule has 5 rings (SSSR count). The summed E-state index contributed by atoms with van der Waals surface area (Å²) in [7, 11) is 0. The molecule has 2 heterocycles. The molecule has 0 fully saturated rings. The van der Waals surface area contributed by atoms with Crippen LogP contribution in [0.2, 0.25) is 5.02 Å². The van der Waals surface area contributed by atoms with Crippen LogP contribution in [0.15, 0.2) is 76.7 Å². The Bertz CT molecular complexity index is 1370. The Labute approximate surface area is 193 Å². The number of H-pyrrole nitrogens is 1. The average molecular weight is 464 g/mol. The first-order valence-corrected chi connectivity index (χ1v) is 11.5. The molecule has 8 heteroatoms. The van der Waals surface area contributed by atoms with E-state index in [4.69, 9.17) is 16.7 Å². The van der Waals surface area contributed by atoms with Gasteiger partial charge in [0, 0.05) is 10.9 Å². The number of aromatic amines is 1. The summed E-state index contributed by atoms with van der Waals surface area (Å²) in [6.45, 7) is 2.05. The zero-order valence-electron chi connectivity index (χ0n) is 17.2. The van der Waals surface area contributed by atoms with Crippen molar-refractivity contribution in [3.05, 3.63) is 98.8 Å². The van der Waals surface area contributed by atoms with E-state index in [1.54, 1.807) is 10.7 Å². The summed E-state index contributed by atoms with van der Waals surface area (Å²) in [6.07, 6.45) is -0.555. The van der Waals surface area contributed by atoms with Crippen molar-refractivity contribution in [1.29, 1.82) is 0 Å². The van der Waals surface area contributed by atoms with Crippen molar-refractivity contribution in [3.8, 4) is 17.0 Å². The van der Waals surface area contributed by atoms with E-state index in [2.05, 4.69) is 34.6 Å². The van der Waals surface area contributed by atoms with E-state index in [1.807, 2.05) is 37.3 Å². The normalized spacial score (nSPS) is 14.4. The fourth-order valence-corrected chi connectivity index (χ4v) is 4.78. The number of nitrogens with zero attached hydrogens (tertiary/aromatic N) is 2. The summed E-state index contributed by atoms with van der Waals surface area (Å²) >= 11 is 7.89. The molecule has 0 saturated heterocycles. The summed E-state index contributed by atoms with van der Waals surface area (Å²) in [4.78, 5) is 16.1. The number of thioether (sulfide) groups is 1. The van der Waals surface area contributed by atoms with Crippen molar-refractivity contribution in [2.24, 2.45) is 0 Å². The van der Waals surface area contributed by atoms with Gasteiger partial charge < -0.3 is 10.4 Å². The largest absolute Gasteiger partial charge is 0.506 e. The lowest BCUT2D eigenvalue weighted by molar-refractivity contribution is -0.759. The highest BCUT2D eigenvalue weighted by Crippen LogP contribution is 2.36. The van der Waals surface area contributed by atoms with Gasteiger partial charge in [0.05, 0.1) is 21.8 Å². The molecule has 160 valence electrons. The Morgan fingerprint density at radius 2 is 1.88 bits per heavy atom. The molecule has 3 N–H and O–H groups in total. The molecule has 1 aliphatic rings. The number of aromatic hydroxyl groups is 1. The molecule has 1 aromatic heterocycles. The van der Waals surface area contributed by atoms with Crippen LogP contribution in [0.5, 0.6) is 5.75 Å². The van der Waals surface area contributed by atoms with Crippen LogP contribution in [0.4, 0.5) is 5.69 Å². The number of phenols is 1. The standard InChI is InChI=1S/C24H19ClN4O2S/c1-14-9-11-15(12-10-14)13-32-24-27-23(31)21-16-5-2-3-7-18(16)26-22(29(21)28-24)17-6-4-8-19(30)20(17)25/h2-12,22H,13H2,1H3,(H2,27,28,30,31)/p+1/t22-/m1/s1. The van der Waals surface area contributed by atoms with Crippen LogP contribution in [-0.4, -0.2) is 15.2 Å². The summed E-state index contributed by atoms with van der Waals surface area (Å²) < 4.78 is 1.65. The topological polar surface area (TPSA) is 81.9 Å². The quantitative estimate of drug-likeness (QED) is 0.303. The van der Waals surface area contributed by atoms with Crippen molar-refractivity contribution in [2.45, 2.75) is 24.0 Å². The van der Waals surface area contributed by atoms with Crippen LogP contribution < -0.4 is 15.6 Å². The highest BCUT2D eigenvalue weighted by molar-refractivity contribution is 7.98. The van der Waals surface area contributed by atoms with Gasteiger partial charge in [0.25, 0.3) is 6.17 Å². The molecule has 0 radical (unpaired) electrons. The molecule has 0 unspecified atom stereocenters. The van der Waals surface area contributed by atoms with E-state index < -0.39 is 6.17 Å². The second-order valence-electron chi connectivity index (χ2n) is 7.60. The number of rotatable bonds is 4. The second kappa shape index (κ2) is 8.33. The fraction of sp³-hybridized carbons (Fsp3) is 0.125. The Hall–Kier alpha value is -3.29. The van der Waals surface area contributed by atoms with Crippen LogP contribution in [-0.2, 0) is 5.75 Å². The van der Waals surface area contributed by atoms with Crippen LogP contribution in [0.3, 0.4) is 0 Å². The van der Waals surface area contributed by atoms with Crippen molar-refractivity contribution in [1.82, 2.24) is 10.1 Å². The molecule has 0 spiro atoms. The summed E-state index contributed by atoms with van der Waals surface area (Å²) in [5, 5.41) is 19.0. The molecule has 1 aliphatic heterocycles. The van der Waals surface area contributed by atoms with Gasteiger partial charge >= 0.3 is 11.3 Å². The molecular formula is C24H20ClN4O2S+. The number of phenolic OH excluding ortho intramolecular Hbond substituents is 1. The second-order valence-corrected chi connectivity index (χ2v) is 8.94.